The summed E-state index contributed by atoms with van der Waals surface area (Å²) in [6, 6.07) is 10.4. The lowest BCUT2D eigenvalue weighted by atomic mass is 10.2. The molecule has 2 aromatic carbocycles. The minimum Gasteiger partial charge on any atom is -0.495 e. The van der Waals surface area contributed by atoms with Crippen LogP contribution in [0.15, 0.2) is 53.9 Å². The normalized spacial score (nSPS) is 10.5. The highest BCUT2D eigenvalue weighted by molar-refractivity contribution is 7.99. The van der Waals surface area contributed by atoms with Crippen molar-refractivity contribution in [3.63, 3.8) is 0 Å². The molecule has 0 radical (unpaired) electrons. The molecule has 1 N–H and O–H groups in total. The van der Waals surface area contributed by atoms with E-state index in [-0.39, 0.29) is 11.4 Å². The van der Waals surface area contributed by atoms with Gasteiger partial charge in [0, 0.05) is 11.8 Å². The average Bonchev–Trinajstić information content (AvgIpc) is 3.16. The van der Waals surface area contributed by atoms with E-state index in [0.29, 0.717) is 16.6 Å². The number of para-hydroxylation sites is 2. The lowest BCUT2D eigenvalue weighted by Gasteiger charge is -2.10. The number of aromatic nitrogens is 3. The molecule has 0 saturated heterocycles. The number of anilines is 1. The van der Waals surface area contributed by atoms with Gasteiger partial charge in [-0.15, -0.1) is 10.2 Å². The molecule has 1 aromatic heterocycles. The van der Waals surface area contributed by atoms with Crippen LogP contribution in [0.1, 0.15) is 0 Å². The van der Waals surface area contributed by atoms with E-state index in [1.165, 1.54) is 12.4 Å². The van der Waals surface area contributed by atoms with E-state index in [2.05, 4.69) is 15.5 Å². The smallest absolute Gasteiger partial charge is 0.306 e. The number of benzene rings is 2. The molecular formula is C17H14FN5O4S. The molecule has 0 bridgehead atoms. The van der Waals surface area contributed by atoms with Gasteiger partial charge in [-0.3, -0.25) is 19.5 Å². The van der Waals surface area contributed by atoms with E-state index in [9.17, 15) is 19.3 Å². The minimum absolute atomic E-state index is 0.0288. The third kappa shape index (κ3) is 4.26. The van der Waals surface area contributed by atoms with Crippen LogP contribution in [-0.2, 0) is 4.79 Å². The van der Waals surface area contributed by atoms with Gasteiger partial charge in [-0.05, 0) is 24.3 Å². The Bertz CT molecular complexity index is 1030. The molecule has 1 heterocycles. The molecule has 0 aliphatic heterocycles. The van der Waals surface area contributed by atoms with Crippen molar-refractivity contribution in [2.24, 2.45) is 0 Å². The first-order valence-corrected chi connectivity index (χ1v) is 8.88. The van der Waals surface area contributed by atoms with Crippen LogP contribution in [0.3, 0.4) is 0 Å². The monoisotopic (exact) mass is 403 g/mol. The van der Waals surface area contributed by atoms with Gasteiger partial charge in [0.2, 0.25) is 11.7 Å². The Labute approximate surface area is 162 Å². The first-order chi connectivity index (χ1) is 13.5. The van der Waals surface area contributed by atoms with Gasteiger partial charge in [-0.2, -0.15) is 4.39 Å². The summed E-state index contributed by atoms with van der Waals surface area (Å²) >= 11 is 1.12. The predicted octanol–water partition coefficient (Wildman–Crippen LogP) is 3.05. The SMILES string of the molecule is COc1ccccc1-n1cnnc1SCC(=O)Nc1ccc(F)c([N+](=O)[O-])c1. The third-order valence-corrected chi connectivity index (χ3v) is 4.56. The van der Waals surface area contributed by atoms with Crippen LogP contribution in [-0.4, -0.2) is 38.5 Å². The molecule has 0 aliphatic rings. The summed E-state index contributed by atoms with van der Waals surface area (Å²) in [5.74, 6) is -0.811. The third-order valence-electron chi connectivity index (χ3n) is 3.62. The summed E-state index contributed by atoms with van der Waals surface area (Å²) in [6.07, 6.45) is 1.50. The maximum Gasteiger partial charge on any atom is 0.306 e. The van der Waals surface area contributed by atoms with Gasteiger partial charge < -0.3 is 10.1 Å². The molecule has 3 aromatic rings. The van der Waals surface area contributed by atoms with Crippen molar-refractivity contribution >= 4 is 29.0 Å². The Morgan fingerprint density at radius 2 is 2.14 bits per heavy atom. The van der Waals surface area contributed by atoms with Crippen LogP contribution >= 0.6 is 11.8 Å². The number of rotatable bonds is 7. The topological polar surface area (TPSA) is 112 Å². The van der Waals surface area contributed by atoms with E-state index in [0.717, 1.165) is 23.9 Å². The molecule has 0 atom stereocenters. The number of nitrogens with one attached hydrogen (secondary N) is 1. The number of methoxy groups -OCH3 is 1. The van der Waals surface area contributed by atoms with Crippen molar-refractivity contribution in [2.45, 2.75) is 5.16 Å². The Kier molecular flexibility index (Phi) is 5.84. The summed E-state index contributed by atoms with van der Waals surface area (Å²) in [5.41, 5.74) is 0.137. The fourth-order valence-corrected chi connectivity index (χ4v) is 3.10. The Hall–Kier alpha value is -3.47. The summed E-state index contributed by atoms with van der Waals surface area (Å²) in [7, 11) is 1.55. The summed E-state index contributed by atoms with van der Waals surface area (Å²) in [5, 5.41) is 21.6. The molecule has 0 aliphatic carbocycles. The number of carbonyl (C=O) groups is 1. The second-order valence-electron chi connectivity index (χ2n) is 5.42. The average molecular weight is 403 g/mol. The molecule has 0 spiro atoms. The highest BCUT2D eigenvalue weighted by Crippen LogP contribution is 2.27. The number of thioether (sulfide) groups is 1. The molecule has 1 amide bonds. The van der Waals surface area contributed by atoms with Crippen molar-refractivity contribution in [3.05, 3.63) is 64.7 Å². The second kappa shape index (κ2) is 8.48. The van der Waals surface area contributed by atoms with Gasteiger partial charge in [-0.1, -0.05) is 23.9 Å². The number of halogens is 1. The van der Waals surface area contributed by atoms with Gasteiger partial charge >= 0.3 is 5.69 Å². The first kappa shape index (κ1) is 19.3. The lowest BCUT2D eigenvalue weighted by Crippen LogP contribution is -2.14. The van der Waals surface area contributed by atoms with E-state index < -0.39 is 22.3 Å². The second-order valence-corrected chi connectivity index (χ2v) is 6.36. The van der Waals surface area contributed by atoms with Gasteiger partial charge in [0.15, 0.2) is 5.16 Å². The van der Waals surface area contributed by atoms with Gasteiger partial charge in [0.05, 0.1) is 23.5 Å². The van der Waals surface area contributed by atoms with Crippen molar-refractivity contribution in [2.75, 3.05) is 18.2 Å². The lowest BCUT2D eigenvalue weighted by molar-refractivity contribution is -0.387. The zero-order valence-electron chi connectivity index (χ0n) is 14.5. The van der Waals surface area contributed by atoms with Gasteiger partial charge in [0.25, 0.3) is 0 Å². The zero-order valence-corrected chi connectivity index (χ0v) is 15.4. The van der Waals surface area contributed by atoms with E-state index in [1.54, 1.807) is 17.7 Å². The molecule has 0 fully saturated rings. The van der Waals surface area contributed by atoms with Crippen molar-refractivity contribution in [3.8, 4) is 11.4 Å². The van der Waals surface area contributed by atoms with Crippen molar-refractivity contribution in [1.29, 1.82) is 0 Å². The number of carbonyl (C=O) groups excluding carboxylic acids is 1. The van der Waals surface area contributed by atoms with Gasteiger partial charge in [0.1, 0.15) is 12.1 Å². The molecule has 144 valence electrons. The number of hydrogen-bond donors (Lipinski definition) is 1. The van der Waals surface area contributed by atoms with Crippen LogP contribution in [0.4, 0.5) is 15.8 Å². The molecule has 28 heavy (non-hydrogen) atoms. The molecular weight excluding hydrogens is 389 g/mol. The molecule has 11 heteroatoms. The predicted molar refractivity (Wildman–Crippen MR) is 100 cm³/mol. The maximum atomic E-state index is 13.4. The van der Waals surface area contributed by atoms with Crippen molar-refractivity contribution < 1.29 is 18.8 Å². The van der Waals surface area contributed by atoms with Crippen LogP contribution in [0.2, 0.25) is 0 Å². The van der Waals surface area contributed by atoms with E-state index in [4.69, 9.17) is 4.74 Å². The fraction of sp³-hybridized carbons (Fsp3) is 0.118. The molecule has 9 nitrogen and oxygen atoms in total. The van der Waals surface area contributed by atoms with E-state index >= 15 is 0 Å². The number of amides is 1. The van der Waals surface area contributed by atoms with Crippen LogP contribution < -0.4 is 10.1 Å². The number of nitro benzene ring substituents is 1. The Morgan fingerprint density at radius 1 is 1.36 bits per heavy atom. The molecule has 3 rings (SSSR count). The van der Waals surface area contributed by atoms with Crippen LogP contribution in [0, 0.1) is 15.9 Å². The molecule has 0 unspecified atom stereocenters. The summed E-state index contributed by atoms with van der Waals surface area (Å²) in [4.78, 5) is 22.1. The highest BCUT2D eigenvalue weighted by atomic mass is 32.2. The standard InChI is InChI=1S/C17H14FN5O4S/c1-27-15-5-3-2-4-13(15)22-10-19-21-17(22)28-9-16(24)20-11-6-7-12(18)14(8-11)23(25)26/h2-8,10H,9H2,1H3,(H,20,24). The number of hydrogen-bond acceptors (Lipinski definition) is 7. The summed E-state index contributed by atoms with van der Waals surface area (Å²) in [6.45, 7) is 0. The zero-order chi connectivity index (χ0) is 20.1. The minimum atomic E-state index is -0.970. The van der Waals surface area contributed by atoms with Crippen molar-refractivity contribution in [1.82, 2.24) is 14.8 Å². The Balaban J connectivity index is 1.69. The van der Waals surface area contributed by atoms with Gasteiger partial charge in [-0.25, -0.2) is 0 Å². The maximum absolute atomic E-state index is 13.4. The fourth-order valence-electron chi connectivity index (χ4n) is 2.37. The highest BCUT2D eigenvalue weighted by Gasteiger charge is 2.16. The number of ether oxygens (including phenoxy) is 1. The quantitative estimate of drug-likeness (QED) is 0.366. The van der Waals surface area contributed by atoms with Crippen LogP contribution in [0.5, 0.6) is 5.75 Å². The molecule has 0 saturated carbocycles. The van der Waals surface area contributed by atoms with E-state index in [1.807, 2.05) is 18.2 Å². The number of nitro groups is 1. The number of nitrogens with zero attached hydrogens (tertiary/aromatic N) is 4. The van der Waals surface area contributed by atoms with Crippen LogP contribution in [0.25, 0.3) is 5.69 Å². The largest absolute Gasteiger partial charge is 0.495 e. The Morgan fingerprint density at radius 3 is 2.89 bits per heavy atom. The summed E-state index contributed by atoms with van der Waals surface area (Å²) < 4.78 is 20.4. The first-order valence-electron chi connectivity index (χ1n) is 7.89.